The van der Waals surface area contributed by atoms with Crippen molar-refractivity contribution in [3.8, 4) is 5.75 Å². The van der Waals surface area contributed by atoms with Gasteiger partial charge in [-0.05, 0) is 31.0 Å². The lowest BCUT2D eigenvalue weighted by molar-refractivity contribution is -0.136. The van der Waals surface area contributed by atoms with Gasteiger partial charge in [-0.25, -0.2) is 8.42 Å². The van der Waals surface area contributed by atoms with Crippen LogP contribution in [-0.4, -0.2) is 62.0 Å². The second-order valence-corrected chi connectivity index (χ2v) is 9.66. The Labute approximate surface area is 183 Å². The average Bonchev–Trinajstić information content (AvgIpc) is 3.03. The van der Waals surface area contributed by atoms with Crippen LogP contribution in [0.3, 0.4) is 0 Å². The molecule has 7 nitrogen and oxygen atoms in total. The molecule has 1 saturated heterocycles. The summed E-state index contributed by atoms with van der Waals surface area (Å²) in [5.74, 6) is 0.304. The Kier molecular flexibility index (Phi) is 6.60. The molecule has 2 aliphatic heterocycles. The molecule has 0 spiro atoms. The third-order valence-corrected chi connectivity index (χ3v) is 7.77. The molecular formula is C23H28N2O5S. The molecule has 2 atom stereocenters. The molecule has 0 radical (unpaired) electrons. The molecule has 0 saturated carbocycles. The van der Waals surface area contributed by atoms with E-state index < -0.39 is 10.0 Å². The standard InChI is InChI=1S/C23H28N2O5S/c1-2-29-17-23(26)24-14-12-19-20(13-15-24)30-21-10-6-7-11-22(21)31(27,28)25(19)16-18-8-4-3-5-9-18/h3-11,19-20H,2,12-17H2,1H3/t19-,20-/m0/s1. The topological polar surface area (TPSA) is 76.1 Å². The van der Waals surface area contributed by atoms with Gasteiger partial charge in [0, 0.05) is 32.7 Å². The molecule has 31 heavy (non-hydrogen) atoms. The molecule has 8 heteroatoms. The van der Waals surface area contributed by atoms with Crippen molar-refractivity contribution in [2.75, 3.05) is 26.3 Å². The number of nitrogens with zero attached hydrogens (tertiary/aromatic N) is 2. The SMILES string of the molecule is CCOCC(=O)N1CC[C@@H]2Oc3ccccc3S(=O)(=O)N(Cc3ccccc3)[C@H]2CC1. The minimum atomic E-state index is -3.78. The van der Waals surface area contributed by atoms with Crippen LogP contribution >= 0.6 is 0 Å². The first-order chi connectivity index (χ1) is 15.0. The first-order valence-electron chi connectivity index (χ1n) is 10.7. The molecule has 0 bridgehead atoms. The Balaban J connectivity index is 1.68. The normalized spacial score (nSPS) is 23.1. The molecule has 166 valence electrons. The summed E-state index contributed by atoms with van der Waals surface area (Å²) < 4.78 is 40.5. The second-order valence-electron chi connectivity index (χ2n) is 7.80. The van der Waals surface area contributed by atoms with E-state index in [1.165, 1.54) is 0 Å². The van der Waals surface area contributed by atoms with E-state index in [1.807, 2.05) is 37.3 Å². The fourth-order valence-electron chi connectivity index (χ4n) is 4.25. The Morgan fingerprint density at radius 1 is 1.06 bits per heavy atom. The molecule has 4 rings (SSSR count). The highest BCUT2D eigenvalue weighted by atomic mass is 32.2. The Bertz CT molecular complexity index is 1010. The summed E-state index contributed by atoms with van der Waals surface area (Å²) >= 11 is 0. The zero-order chi connectivity index (χ0) is 21.8. The highest BCUT2D eigenvalue weighted by Gasteiger charge is 2.43. The van der Waals surface area contributed by atoms with Crippen molar-refractivity contribution >= 4 is 15.9 Å². The number of carbonyl (C=O) groups is 1. The van der Waals surface area contributed by atoms with Crippen LogP contribution in [0.4, 0.5) is 0 Å². The predicted octanol–water partition coefficient (Wildman–Crippen LogP) is 2.67. The van der Waals surface area contributed by atoms with Crippen LogP contribution in [0, 0.1) is 0 Å². The third-order valence-electron chi connectivity index (χ3n) is 5.86. The molecule has 1 fully saturated rings. The summed E-state index contributed by atoms with van der Waals surface area (Å²) in [7, 11) is -3.78. The molecule has 1 amide bonds. The van der Waals surface area contributed by atoms with Gasteiger partial charge in [-0.2, -0.15) is 4.31 Å². The molecule has 2 heterocycles. The maximum Gasteiger partial charge on any atom is 0.248 e. The van der Waals surface area contributed by atoms with Crippen molar-refractivity contribution in [1.29, 1.82) is 0 Å². The number of likely N-dealkylation sites (tertiary alicyclic amines) is 1. The molecular weight excluding hydrogens is 416 g/mol. The summed E-state index contributed by atoms with van der Waals surface area (Å²) in [6.07, 6.45) is 0.715. The lowest BCUT2D eigenvalue weighted by Gasteiger charge is -2.31. The summed E-state index contributed by atoms with van der Waals surface area (Å²) in [6, 6.07) is 16.0. The van der Waals surface area contributed by atoms with Gasteiger partial charge in [-0.1, -0.05) is 42.5 Å². The van der Waals surface area contributed by atoms with Crippen LogP contribution in [0.25, 0.3) is 0 Å². The molecule has 0 aromatic heterocycles. The first-order valence-corrected chi connectivity index (χ1v) is 12.1. The molecule has 0 unspecified atom stereocenters. The lowest BCUT2D eigenvalue weighted by Crippen LogP contribution is -2.46. The van der Waals surface area contributed by atoms with Crippen molar-refractivity contribution in [2.45, 2.75) is 43.4 Å². The van der Waals surface area contributed by atoms with Crippen LogP contribution < -0.4 is 4.74 Å². The first kappa shape index (κ1) is 21.8. The van der Waals surface area contributed by atoms with E-state index in [4.69, 9.17) is 9.47 Å². The van der Waals surface area contributed by atoms with E-state index in [0.717, 1.165) is 5.56 Å². The number of sulfonamides is 1. The van der Waals surface area contributed by atoms with Gasteiger partial charge >= 0.3 is 0 Å². The second kappa shape index (κ2) is 9.38. The molecule has 0 N–H and O–H groups in total. The number of ether oxygens (including phenoxy) is 2. The van der Waals surface area contributed by atoms with Crippen LogP contribution in [0.5, 0.6) is 5.75 Å². The van der Waals surface area contributed by atoms with Crippen molar-refractivity contribution in [1.82, 2.24) is 9.21 Å². The number of para-hydroxylation sites is 1. The van der Waals surface area contributed by atoms with E-state index in [9.17, 15) is 13.2 Å². The fraction of sp³-hybridized carbons (Fsp3) is 0.435. The van der Waals surface area contributed by atoms with E-state index in [1.54, 1.807) is 33.5 Å². The van der Waals surface area contributed by atoms with Crippen LogP contribution in [0.15, 0.2) is 59.5 Å². The average molecular weight is 445 g/mol. The summed E-state index contributed by atoms with van der Waals surface area (Å²) in [5.41, 5.74) is 0.915. The van der Waals surface area contributed by atoms with Crippen molar-refractivity contribution in [3.63, 3.8) is 0 Å². The van der Waals surface area contributed by atoms with Gasteiger partial charge in [0.25, 0.3) is 0 Å². The number of rotatable bonds is 5. The third kappa shape index (κ3) is 4.61. The minimum absolute atomic E-state index is 0.0432. The minimum Gasteiger partial charge on any atom is -0.487 e. The van der Waals surface area contributed by atoms with Crippen molar-refractivity contribution < 1.29 is 22.7 Å². The predicted molar refractivity (Wildman–Crippen MR) is 116 cm³/mol. The van der Waals surface area contributed by atoms with Crippen molar-refractivity contribution in [3.05, 3.63) is 60.2 Å². The number of benzene rings is 2. The quantitative estimate of drug-likeness (QED) is 0.709. The lowest BCUT2D eigenvalue weighted by atomic mass is 10.1. The van der Waals surface area contributed by atoms with Crippen LogP contribution in [-0.2, 0) is 26.1 Å². The number of fused-ring (bicyclic) bond motifs is 2. The summed E-state index contributed by atoms with van der Waals surface area (Å²) in [6.45, 7) is 3.61. The van der Waals surface area contributed by atoms with Gasteiger partial charge in [0.2, 0.25) is 15.9 Å². The van der Waals surface area contributed by atoms with Crippen LogP contribution in [0.2, 0.25) is 0 Å². The zero-order valence-electron chi connectivity index (χ0n) is 17.6. The summed E-state index contributed by atoms with van der Waals surface area (Å²) in [5, 5.41) is 0. The number of amides is 1. The monoisotopic (exact) mass is 444 g/mol. The van der Waals surface area contributed by atoms with Gasteiger partial charge in [0.05, 0.1) is 6.04 Å². The maximum absolute atomic E-state index is 13.7. The summed E-state index contributed by atoms with van der Waals surface area (Å²) in [4.78, 5) is 14.5. The largest absolute Gasteiger partial charge is 0.487 e. The van der Waals surface area contributed by atoms with Gasteiger partial charge in [0.15, 0.2) is 0 Å². The maximum atomic E-state index is 13.7. The van der Waals surface area contributed by atoms with Gasteiger partial charge in [0.1, 0.15) is 23.4 Å². The van der Waals surface area contributed by atoms with E-state index in [-0.39, 0.29) is 36.1 Å². The van der Waals surface area contributed by atoms with E-state index >= 15 is 0 Å². The Morgan fingerprint density at radius 3 is 2.55 bits per heavy atom. The zero-order valence-corrected chi connectivity index (χ0v) is 18.5. The molecule has 2 aromatic rings. The highest BCUT2D eigenvalue weighted by molar-refractivity contribution is 7.89. The Morgan fingerprint density at radius 2 is 1.77 bits per heavy atom. The molecule has 0 aliphatic carbocycles. The fourth-order valence-corrected chi connectivity index (χ4v) is 6.04. The number of hydrogen-bond donors (Lipinski definition) is 0. The number of carbonyl (C=O) groups excluding carboxylic acids is 1. The highest BCUT2D eigenvalue weighted by Crippen LogP contribution is 2.37. The van der Waals surface area contributed by atoms with Gasteiger partial charge < -0.3 is 14.4 Å². The van der Waals surface area contributed by atoms with E-state index in [2.05, 4.69) is 0 Å². The van der Waals surface area contributed by atoms with Crippen molar-refractivity contribution in [2.24, 2.45) is 0 Å². The van der Waals surface area contributed by atoms with Gasteiger partial charge in [-0.3, -0.25) is 4.79 Å². The van der Waals surface area contributed by atoms with Gasteiger partial charge in [-0.15, -0.1) is 0 Å². The number of hydrogen-bond acceptors (Lipinski definition) is 5. The van der Waals surface area contributed by atoms with E-state index in [0.29, 0.717) is 38.3 Å². The Hall–Kier alpha value is -2.42. The molecule has 2 aromatic carbocycles. The smallest absolute Gasteiger partial charge is 0.248 e. The van der Waals surface area contributed by atoms with Crippen LogP contribution in [0.1, 0.15) is 25.3 Å². The molecule has 2 aliphatic rings.